The van der Waals surface area contributed by atoms with E-state index in [1.54, 1.807) is 0 Å². The minimum absolute atomic E-state index is 0.0195. The van der Waals surface area contributed by atoms with Crippen molar-refractivity contribution in [3.63, 3.8) is 0 Å². The van der Waals surface area contributed by atoms with E-state index in [2.05, 4.69) is 4.84 Å². The maximum absolute atomic E-state index is 13.4. The van der Waals surface area contributed by atoms with Crippen LogP contribution in [0.15, 0.2) is 12.1 Å². The van der Waals surface area contributed by atoms with Gasteiger partial charge in [0.25, 0.3) is 5.91 Å². The topological polar surface area (TPSA) is 55.6 Å². The summed E-state index contributed by atoms with van der Waals surface area (Å²) < 4.78 is 13.4. The highest BCUT2D eigenvalue weighted by Crippen LogP contribution is 2.23. The van der Waals surface area contributed by atoms with Crippen LogP contribution in [0.3, 0.4) is 0 Å². The molecule has 82 valence electrons. The van der Waals surface area contributed by atoms with Crippen molar-refractivity contribution < 1.29 is 14.0 Å². The van der Waals surface area contributed by atoms with Gasteiger partial charge in [-0.15, -0.1) is 0 Å². The fourth-order valence-electron chi connectivity index (χ4n) is 1.06. The van der Waals surface area contributed by atoms with Crippen molar-refractivity contribution >= 4 is 23.2 Å². The number of hydrogen-bond donors (Lipinski definition) is 1. The molecule has 0 aliphatic heterocycles. The largest absolute Gasteiger partial charge is 0.398 e. The molecule has 15 heavy (non-hydrogen) atoms. The van der Waals surface area contributed by atoms with E-state index in [4.69, 9.17) is 17.3 Å². The Morgan fingerprint density at radius 2 is 2.20 bits per heavy atom. The fraction of sp³-hybridized carbons (Fsp3) is 0.222. The molecule has 0 aliphatic carbocycles. The molecule has 1 rings (SSSR count). The molecule has 0 saturated carbocycles. The number of amides is 1. The molecule has 0 bridgehead atoms. The lowest BCUT2D eigenvalue weighted by molar-refractivity contribution is -0.0758. The van der Waals surface area contributed by atoms with E-state index in [-0.39, 0.29) is 16.3 Å². The Kier molecular flexibility index (Phi) is 3.49. The molecular formula is C9H10ClFN2O2. The molecular weight excluding hydrogens is 223 g/mol. The van der Waals surface area contributed by atoms with Gasteiger partial charge in [0.05, 0.1) is 7.11 Å². The summed E-state index contributed by atoms with van der Waals surface area (Å²) in [7, 11) is 2.65. The lowest BCUT2D eigenvalue weighted by Gasteiger charge is -2.15. The first-order chi connectivity index (χ1) is 6.97. The lowest BCUT2D eigenvalue weighted by atomic mass is 10.1. The second kappa shape index (κ2) is 4.46. The highest BCUT2D eigenvalue weighted by atomic mass is 35.5. The number of halogens is 2. The molecule has 0 aliphatic rings. The van der Waals surface area contributed by atoms with Crippen LogP contribution in [-0.4, -0.2) is 25.1 Å². The van der Waals surface area contributed by atoms with Gasteiger partial charge in [0.1, 0.15) is 11.4 Å². The van der Waals surface area contributed by atoms with E-state index in [0.29, 0.717) is 0 Å². The molecule has 0 heterocycles. The number of anilines is 1. The van der Waals surface area contributed by atoms with Gasteiger partial charge < -0.3 is 5.73 Å². The number of hydrogen-bond acceptors (Lipinski definition) is 3. The third kappa shape index (κ3) is 2.37. The van der Waals surface area contributed by atoms with E-state index in [1.165, 1.54) is 20.2 Å². The Bertz CT molecular complexity index is 375. The van der Waals surface area contributed by atoms with Crippen LogP contribution in [0.2, 0.25) is 5.02 Å². The zero-order valence-corrected chi connectivity index (χ0v) is 9.01. The Labute approximate surface area is 91.3 Å². The van der Waals surface area contributed by atoms with Crippen LogP contribution in [0, 0.1) is 5.82 Å². The van der Waals surface area contributed by atoms with Gasteiger partial charge in [-0.1, -0.05) is 11.6 Å². The van der Waals surface area contributed by atoms with Crippen LogP contribution < -0.4 is 5.73 Å². The second-order valence-electron chi connectivity index (χ2n) is 2.84. The van der Waals surface area contributed by atoms with Crippen molar-refractivity contribution in [3.8, 4) is 0 Å². The van der Waals surface area contributed by atoms with E-state index in [1.807, 2.05) is 0 Å². The number of nitrogens with two attached hydrogens (primary N) is 1. The minimum Gasteiger partial charge on any atom is -0.398 e. The van der Waals surface area contributed by atoms with Crippen LogP contribution in [0.5, 0.6) is 0 Å². The Morgan fingerprint density at radius 1 is 1.60 bits per heavy atom. The fourth-order valence-corrected chi connectivity index (χ4v) is 1.27. The molecule has 1 aromatic rings. The molecule has 0 atom stereocenters. The predicted molar refractivity (Wildman–Crippen MR) is 54.9 cm³/mol. The number of benzene rings is 1. The van der Waals surface area contributed by atoms with Crippen LogP contribution in [0.1, 0.15) is 10.4 Å². The summed E-state index contributed by atoms with van der Waals surface area (Å²) in [5.41, 5.74) is 5.22. The van der Waals surface area contributed by atoms with E-state index in [0.717, 1.165) is 11.1 Å². The third-order valence-electron chi connectivity index (χ3n) is 1.86. The molecule has 0 unspecified atom stereocenters. The second-order valence-corrected chi connectivity index (χ2v) is 3.27. The number of rotatable bonds is 2. The predicted octanol–water partition coefficient (Wildman–Crippen LogP) is 1.69. The first kappa shape index (κ1) is 11.7. The van der Waals surface area contributed by atoms with Crippen molar-refractivity contribution in [1.82, 2.24) is 5.06 Å². The summed E-state index contributed by atoms with van der Waals surface area (Å²) in [6.45, 7) is 0. The summed E-state index contributed by atoms with van der Waals surface area (Å²) in [5.74, 6) is -1.43. The molecule has 6 heteroatoms. The number of carbonyl (C=O) groups is 1. The molecule has 0 saturated heterocycles. The van der Waals surface area contributed by atoms with Gasteiger partial charge in [-0.2, -0.15) is 0 Å². The van der Waals surface area contributed by atoms with Gasteiger partial charge in [0.2, 0.25) is 0 Å². The third-order valence-corrected chi connectivity index (χ3v) is 2.08. The van der Waals surface area contributed by atoms with E-state index in [9.17, 15) is 9.18 Å². The first-order valence-corrected chi connectivity index (χ1v) is 4.42. The summed E-state index contributed by atoms with van der Waals surface area (Å²) in [5, 5.41) is 1.02. The molecule has 1 amide bonds. The number of nitrogen functional groups attached to an aromatic ring is 1. The molecule has 1 aromatic carbocycles. The highest BCUT2D eigenvalue weighted by molar-refractivity contribution is 6.31. The summed E-state index contributed by atoms with van der Waals surface area (Å²) in [6, 6.07) is 2.33. The number of carbonyl (C=O) groups excluding carboxylic acids is 1. The highest BCUT2D eigenvalue weighted by Gasteiger charge is 2.20. The zero-order valence-electron chi connectivity index (χ0n) is 8.25. The zero-order chi connectivity index (χ0) is 11.6. The molecule has 0 fully saturated rings. The van der Waals surface area contributed by atoms with Gasteiger partial charge in [-0.25, -0.2) is 9.45 Å². The Balaban J connectivity index is 3.20. The molecule has 0 spiro atoms. The molecule has 0 aromatic heterocycles. The minimum atomic E-state index is -0.770. The summed E-state index contributed by atoms with van der Waals surface area (Å²) in [4.78, 5) is 16.2. The molecule has 0 radical (unpaired) electrons. The molecule has 4 nitrogen and oxygen atoms in total. The van der Waals surface area contributed by atoms with Crippen molar-refractivity contribution in [2.75, 3.05) is 19.9 Å². The van der Waals surface area contributed by atoms with Crippen molar-refractivity contribution in [2.45, 2.75) is 0 Å². The smallest absolute Gasteiger partial charge is 0.282 e. The summed E-state index contributed by atoms with van der Waals surface area (Å²) in [6.07, 6.45) is 0. The average Bonchev–Trinajstić information content (AvgIpc) is 2.14. The maximum atomic E-state index is 13.4. The van der Waals surface area contributed by atoms with Gasteiger partial charge in [0, 0.05) is 17.8 Å². The van der Waals surface area contributed by atoms with Crippen LogP contribution in [-0.2, 0) is 4.84 Å². The average molecular weight is 233 g/mol. The normalized spacial score (nSPS) is 10.1. The SMILES string of the molecule is CON(C)C(=O)c1c(N)cc(Cl)cc1F. The number of hydroxylamine groups is 2. The quantitative estimate of drug-likeness (QED) is 0.624. The van der Waals surface area contributed by atoms with Crippen molar-refractivity contribution in [2.24, 2.45) is 0 Å². The molecule has 2 N–H and O–H groups in total. The van der Waals surface area contributed by atoms with E-state index < -0.39 is 11.7 Å². The number of nitrogens with zero attached hydrogens (tertiary/aromatic N) is 1. The van der Waals surface area contributed by atoms with Gasteiger partial charge >= 0.3 is 0 Å². The first-order valence-electron chi connectivity index (χ1n) is 4.04. The van der Waals surface area contributed by atoms with E-state index >= 15 is 0 Å². The lowest BCUT2D eigenvalue weighted by Crippen LogP contribution is -2.27. The van der Waals surface area contributed by atoms with Crippen LogP contribution >= 0.6 is 11.6 Å². The van der Waals surface area contributed by atoms with Crippen molar-refractivity contribution in [1.29, 1.82) is 0 Å². The Morgan fingerprint density at radius 3 is 2.67 bits per heavy atom. The van der Waals surface area contributed by atoms with Gasteiger partial charge in [0.15, 0.2) is 0 Å². The van der Waals surface area contributed by atoms with Crippen LogP contribution in [0.4, 0.5) is 10.1 Å². The summed E-state index contributed by atoms with van der Waals surface area (Å²) >= 11 is 5.56. The monoisotopic (exact) mass is 232 g/mol. The van der Waals surface area contributed by atoms with Gasteiger partial charge in [-0.3, -0.25) is 9.63 Å². The standard InChI is InChI=1S/C9H10ClFN2O2/c1-13(15-2)9(14)8-6(11)3-5(10)4-7(8)12/h3-4H,12H2,1-2H3. The Hall–Kier alpha value is -1.33. The van der Waals surface area contributed by atoms with Crippen molar-refractivity contribution in [3.05, 3.63) is 28.5 Å². The van der Waals surface area contributed by atoms with Crippen LogP contribution in [0.25, 0.3) is 0 Å². The van der Waals surface area contributed by atoms with Gasteiger partial charge in [-0.05, 0) is 12.1 Å². The maximum Gasteiger partial charge on any atom is 0.282 e.